The van der Waals surface area contributed by atoms with Gasteiger partial charge in [-0.25, -0.2) is 4.79 Å². The van der Waals surface area contributed by atoms with Crippen LogP contribution < -0.4 is 0 Å². The number of ketones is 1. The first-order valence-electron chi connectivity index (χ1n) is 13.1. The lowest BCUT2D eigenvalue weighted by atomic mass is 9.46. The van der Waals surface area contributed by atoms with Crippen molar-refractivity contribution in [2.75, 3.05) is 32.8 Å². The van der Waals surface area contributed by atoms with Crippen molar-refractivity contribution in [2.45, 2.75) is 72.1 Å². The van der Waals surface area contributed by atoms with E-state index in [1.54, 1.807) is 0 Å². The smallest absolute Gasteiger partial charge is 0.348 e. The Kier molecular flexibility index (Phi) is 6.28. The molecule has 1 heterocycles. The standard InChI is InChI=1S/C27H40N2O4/c1-18(28-33-25(31)17-29-12-14-32-15-13-29)22-6-7-23-21-5-4-19-16-20(30)8-10-26(19,2)24(21)9-11-27(22,23)3/h16,21-24H,4-15,17H2,1-3H3/b28-18+. The Bertz CT molecular complexity index is 860. The van der Waals surface area contributed by atoms with Gasteiger partial charge in [-0.3, -0.25) is 9.69 Å². The highest BCUT2D eigenvalue weighted by atomic mass is 16.7. The number of fused-ring (bicyclic) bond motifs is 5. The predicted octanol–water partition coefficient (Wildman–Crippen LogP) is 4.39. The Morgan fingerprint density at radius 3 is 2.70 bits per heavy atom. The highest BCUT2D eigenvalue weighted by molar-refractivity contribution is 5.91. The lowest BCUT2D eigenvalue weighted by molar-refractivity contribution is -0.146. The predicted molar refractivity (Wildman–Crippen MR) is 127 cm³/mol. The van der Waals surface area contributed by atoms with Gasteiger partial charge in [0.25, 0.3) is 0 Å². The highest BCUT2D eigenvalue weighted by Gasteiger charge is 2.59. The van der Waals surface area contributed by atoms with Crippen molar-refractivity contribution in [3.8, 4) is 0 Å². The number of nitrogens with zero attached hydrogens (tertiary/aromatic N) is 2. The number of hydrogen-bond donors (Lipinski definition) is 0. The van der Waals surface area contributed by atoms with Crippen LogP contribution in [-0.2, 0) is 19.2 Å². The summed E-state index contributed by atoms with van der Waals surface area (Å²) in [5.41, 5.74) is 2.87. The van der Waals surface area contributed by atoms with Crippen LogP contribution >= 0.6 is 0 Å². The van der Waals surface area contributed by atoms with Gasteiger partial charge in [0.2, 0.25) is 0 Å². The van der Waals surface area contributed by atoms with E-state index in [1.165, 1.54) is 31.3 Å². The van der Waals surface area contributed by atoms with Gasteiger partial charge >= 0.3 is 5.97 Å². The molecule has 6 heteroatoms. The molecule has 0 aromatic carbocycles. The monoisotopic (exact) mass is 456 g/mol. The third kappa shape index (κ3) is 4.12. The zero-order valence-electron chi connectivity index (χ0n) is 20.6. The molecule has 0 amide bonds. The summed E-state index contributed by atoms with van der Waals surface area (Å²) in [4.78, 5) is 31.8. The number of allylic oxidation sites excluding steroid dienone is 1. The van der Waals surface area contributed by atoms with Crippen LogP contribution in [0, 0.1) is 34.5 Å². The van der Waals surface area contributed by atoms with E-state index in [1.807, 2.05) is 6.08 Å². The van der Waals surface area contributed by atoms with Crippen LogP contribution in [0.2, 0.25) is 0 Å². The fourth-order valence-electron chi connectivity index (χ4n) is 8.40. The Morgan fingerprint density at radius 1 is 1.12 bits per heavy atom. The molecule has 5 rings (SSSR count). The number of oxime groups is 1. The summed E-state index contributed by atoms with van der Waals surface area (Å²) >= 11 is 0. The van der Waals surface area contributed by atoms with Gasteiger partial charge in [-0.05, 0) is 86.5 Å². The second-order valence-electron chi connectivity index (χ2n) is 11.7. The fourth-order valence-corrected chi connectivity index (χ4v) is 8.40. The van der Waals surface area contributed by atoms with Gasteiger partial charge in [0.05, 0.1) is 25.5 Å². The largest absolute Gasteiger partial charge is 0.379 e. The van der Waals surface area contributed by atoms with E-state index >= 15 is 0 Å². The third-order valence-corrected chi connectivity index (χ3v) is 10.2. The molecule has 1 saturated heterocycles. The highest BCUT2D eigenvalue weighted by Crippen LogP contribution is 2.66. The van der Waals surface area contributed by atoms with Crippen LogP contribution in [0.1, 0.15) is 72.1 Å². The van der Waals surface area contributed by atoms with E-state index in [0.717, 1.165) is 50.4 Å². The molecule has 0 aromatic rings. The third-order valence-electron chi connectivity index (χ3n) is 10.2. The molecule has 1 aliphatic heterocycles. The molecule has 0 N–H and O–H groups in total. The summed E-state index contributed by atoms with van der Waals surface area (Å²) in [6.45, 7) is 10.1. The molecular formula is C27H40N2O4. The molecule has 0 radical (unpaired) electrons. The number of ether oxygens (including phenoxy) is 1. The van der Waals surface area contributed by atoms with E-state index in [2.05, 4.69) is 30.8 Å². The van der Waals surface area contributed by atoms with E-state index < -0.39 is 0 Å². The molecule has 0 bridgehead atoms. The minimum absolute atomic E-state index is 0.217. The van der Waals surface area contributed by atoms with E-state index in [9.17, 15) is 9.59 Å². The minimum Gasteiger partial charge on any atom is -0.379 e. The maximum absolute atomic E-state index is 12.3. The Morgan fingerprint density at radius 2 is 1.91 bits per heavy atom. The summed E-state index contributed by atoms with van der Waals surface area (Å²) in [6, 6.07) is 0. The van der Waals surface area contributed by atoms with Crippen LogP contribution in [-0.4, -0.2) is 55.2 Å². The van der Waals surface area contributed by atoms with Crippen molar-refractivity contribution in [2.24, 2.45) is 39.7 Å². The van der Waals surface area contributed by atoms with E-state index in [-0.39, 0.29) is 23.3 Å². The number of morpholine rings is 1. The van der Waals surface area contributed by atoms with Gasteiger partial charge in [0, 0.05) is 25.4 Å². The molecule has 182 valence electrons. The van der Waals surface area contributed by atoms with Crippen LogP contribution in [0.25, 0.3) is 0 Å². The zero-order chi connectivity index (χ0) is 23.2. The van der Waals surface area contributed by atoms with Crippen LogP contribution in [0.5, 0.6) is 0 Å². The topological polar surface area (TPSA) is 68.2 Å². The number of rotatable bonds is 4. The SMILES string of the molecule is C/C(=N\OC(=O)CN1CCOCC1)C1CCC2C3CCC4=CC(=O)CCC4(C)C3CCC12C. The molecular weight excluding hydrogens is 416 g/mol. The van der Waals surface area contributed by atoms with Crippen molar-refractivity contribution < 1.29 is 19.2 Å². The van der Waals surface area contributed by atoms with Gasteiger partial charge < -0.3 is 9.57 Å². The molecule has 3 saturated carbocycles. The average Bonchev–Trinajstić information content (AvgIpc) is 3.16. The van der Waals surface area contributed by atoms with E-state index in [4.69, 9.17) is 9.57 Å². The quantitative estimate of drug-likeness (QED) is 0.357. The van der Waals surface area contributed by atoms with E-state index in [0.29, 0.717) is 36.8 Å². The maximum Gasteiger partial charge on any atom is 0.348 e. The summed E-state index contributed by atoms with van der Waals surface area (Å²) in [6.07, 6.45) is 10.9. The Hall–Kier alpha value is -1.53. The maximum atomic E-state index is 12.3. The van der Waals surface area contributed by atoms with Gasteiger partial charge in [-0.15, -0.1) is 0 Å². The zero-order valence-corrected chi connectivity index (χ0v) is 20.6. The average molecular weight is 457 g/mol. The summed E-state index contributed by atoms with van der Waals surface area (Å²) in [5, 5.41) is 4.36. The van der Waals surface area contributed by atoms with Gasteiger partial charge in [0.15, 0.2) is 5.78 Å². The second-order valence-corrected chi connectivity index (χ2v) is 11.7. The first-order valence-corrected chi connectivity index (χ1v) is 13.1. The second kappa shape index (κ2) is 8.92. The van der Waals surface area contributed by atoms with Gasteiger partial charge in [0.1, 0.15) is 0 Å². The Balaban J connectivity index is 1.26. The molecule has 0 aromatic heterocycles. The summed E-state index contributed by atoms with van der Waals surface area (Å²) in [5.74, 6) is 2.58. The molecule has 0 spiro atoms. The van der Waals surface area contributed by atoms with Crippen molar-refractivity contribution in [1.29, 1.82) is 0 Å². The molecule has 33 heavy (non-hydrogen) atoms. The summed E-state index contributed by atoms with van der Waals surface area (Å²) < 4.78 is 5.35. The van der Waals surface area contributed by atoms with Crippen LogP contribution in [0.15, 0.2) is 16.8 Å². The minimum atomic E-state index is -0.272. The molecule has 4 fully saturated rings. The van der Waals surface area contributed by atoms with Crippen molar-refractivity contribution in [1.82, 2.24) is 4.90 Å². The van der Waals surface area contributed by atoms with Gasteiger partial charge in [-0.1, -0.05) is 24.6 Å². The summed E-state index contributed by atoms with van der Waals surface area (Å²) in [7, 11) is 0. The lowest BCUT2D eigenvalue weighted by Gasteiger charge is -2.58. The van der Waals surface area contributed by atoms with Gasteiger partial charge in [-0.2, -0.15) is 0 Å². The first-order chi connectivity index (χ1) is 15.8. The van der Waals surface area contributed by atoms with Crippen molar-refractivity contribution >= 4 is 17.5 Å². The molecule has 6 unspecified atom stereocenters. The molecule has 5 aliphatic rings. The Labute approximate surface area is 198 Å². The molecule has 4 aliphatic carbocycles. The van der Waals surface area contributed by atoms with Crippen molar-refractivity contribution in [3.63, 3.8) is 0 Å². The number of carbonyl (C=O) groups excluding carboxylic acids is 2. The van der Waals surface area contributed by atoms with Crippen molar-refractivity contribution in [3.05, 3.63) is 11.6 Å². The normalized spacial score (nSPS) is 41.6. The number of hydrogen-bond acceptors (Lipinski definition) is 6. The molecule has 6 nitrogen and oxygen atoms in total. The van der Waals surface area contributed by atoms with Crippen LogP contribution in [0.4, 0.5) is 0 Å². The number of carbonyl (C=O) groups is 2. The fraction of sp³-hybridized carbons (Fsp3) is 0.815. The lowest BCUT2D eigenvalue weighted by Crippen LogP contribution is -2.51. The first kappa shape index (κ1) is 23.2. The molecule has 6 atom stereocenters. The van der Waals surface area contributed by atoms with Crippen LogP contribution in [0.3, 0.4) is 0 Å².